The molecule has 10 nitrogen and oxygen atoms in total. The lowest BCUT2D eigenvalue weighted by molar-refractivity contribution is 0.196. The maximum atomic E-state index is 14.4. The summed E-state index contributed by atoms with van der Waals surface area (Å²) in [6.07, 6.45) is 0.939. The fourth-order valence-electron chi connectivity index (χ4n) is 8.98. The first-order valence-electron chi connectivity index (χ1n) is 25.5. The minimum Gasteiger partial charge on any atom is -0.507 e. The summed E-state index contributed by atoms with van der Waals surface area (Å²) in [5.74, 6) is 0.815. The molecule has 71 heavy (non-hydrogen) atoms. The van der Waals surface area contributed by atoms with Gasteiger partial charge in [-0.3, -0.25) is 0 Å². The van der Waals surface area contributed by atoms with Crippen molar-refractivity contribution in [1.82, 2.24) is 5.32 Å². The molecule has 0 fully saturated rings. The Kier molecular flexibility index (Phi) is 17.1. The van der Waals surface area contributed by atoms with Crippen molar-refractivity contribution in [2.45, 2.75) is 195 Å². The molecule has 392 valence electrons. The van der Waals surface area contributed by atoms with E-state index in [1.165, 1.54) is 0 Å². The molecular weight excluding hydrogens is 955 g/mol. The molecule has 4 N–H and O–H groups in total. The van der Waals surface area contributed by atoms with E-state index >= 15 is 0 Å². The summed E-state index contributed by atoms with van der Waals surface area (Å²) in [4.78, 5) is 14.4. The number of fused-ring (bicyclic) bond motifs is 8. The quantitative estimate of drug-likeness (QED) is 0.0711. The van der Waals surface area contributed by atoms with Crippen LogP contribution < -0.4 is 10.1 Å². The predicted molar refractivity (Wildman–Crippen MR) is 300 cm³/mol. The average Bonchev–Trinajstić information content (AvgIpc) is 3.18. The van der Waals surface area contributed by atoms with E-state index in [1.807, 2.05) is 13.1 Å². The molecule has 8 bridgehead atoms. The van der Waals surface area contributed by atoms with E-state index in [0.717, 1.165) is 33.4 Å². The van der Waals surface area contributed by atoms with Gasteiger partial charge in [0.25, 0.3) is 0 Å². The van der Waals surface area contributed by atoms with Crippen LogP contribution in [-0.4, -0.2) is 69.1 Å². The van der Waals surface area contributed by atoms with E-state index in [9.17, 15) is 20.1 Å². The topological polar surface area (TPSA) is 136 Å². The van der Waals surface area contributed by atoms with Crippen molar-refractivity contribution < 1.29 is 41.6 Å². The lowest BCUT2D eigenvalue weighted by Crippen LogP contribution is -2.61. The van der Waals surface area contributed by atoms with Crippen LogP contribution in [-0.2, 0) is 64.1 Å². The van der Waals surface area contributed by atoms with Crippen LogP contribution in [0.3, 0.4) is 0 Å². The van der Waals surface area contributed by atoms with Gasteiger partial charge < -0.3 is 42.1 Å². The number of hydrogen-bond acceptors (Lipinski definition) is 9. The van der Waals surface area contributed by atoms with Crippen LogP contribution in [0.15, 0.2) is 48.5 Å². The molecule has 0 unspecified atom stereocenters. The van der Waals surface area contributed by atoms with E-state index in [2.05, 4.69) is 176 Å². The predicted octanol–water partition coefficient (Wildman–Crippen LogP) is 14.2. The van der Waals surface area contributed by atoms with Crippen LogP contribution in [0.4, 0.5) is 4.79 Å². The highest BCUT2D eigenvalue weighted by Gasteiger charge is 2.51. The van der Waals surface area contributed by atoms with E-state index in [4.69, 9.17) is 21.5 Å². The van der Waals surface area contributed by atoms with E-state index < -0.39 is 40.1 Å². The number of carbonyl (C=O) groups is 1. The van der Waals surface area contributed by atoms with Gasteiger partial charge in [-0.2, -0.15) is 0 Å². The van der Waals surface area contributed by atoms with Crippen molar-refractivity contribution in [2.24, 2.45) is 0 Å². The first-order valence-corrected chi connectivity index (χ1v) is 37.1. The van der Waals surface area contributed by atoms with Crippen LogP contribution in [0.5, 0.6) is 23.0 Å². The van der Waals surface area contributed by atoms with E-state index in [1.54, 1.807) is 7.11 Å². The molecule has 0 radical (unpaired) electrons. The zero-order valence-corrected chi connectivity index (χ0v) is 51.4. The number of hydrogen-bond donors (Lipinski definition) is 4. The molecule has 4 aromatic rings. The summed E-state index contributed by atoms with van der Waals surface area (Å²) >= 11 is 0. The molecule has 0 aromatic heterocycles. The van der Waals surface area contributed by atoms with Crippen LogP contribution in [0.1, 0.15) is 156 Å². The maximum Gasteiger partial charge on any atom is 0.471 e. The third-order valence-electron chi connectivity index (χ3n) is 13.0. The van der Waals surface area contributed by atoms with Gasteiger partial charge in [-0.25, -0.2) is 4.79 Å². The second-order valence-corrected chi connectivity index (χ2v) is 42.5. The Bertz CT molecular complexity index is 2450. The zero-order valence-electron chi connectivity index (χ0n) is 47.4. The molecule has 1 aliphatic carbocycles. The first-order chi connectivity index (χ1) is 32.2. The molecule has 1 aliphatic rings. The molecule has 0 atom stereocenters. The van der Waals surface area contributed by atoms with Gasteiger partial charge in [-0.05, 0) is 136 Å². The van der Waals surface area contributed by atoms with Gasteiger partial charge in [0, 0.05) is 56.5 Å². The van der Waals surface area contributed by atoms with Crippen LogP contribution in [0.25, 0.3) is 0 Å². The Morgan fingerprint density at radius 1 is 0.493 bits per heavy atom. The summed E-state index contributed by atoms with van der Waals surface area (Å²) in [7, 11) is -8.56. The number of ether oxygens (including phenoxy) is 1. The van der Waals surface area contributed by atoms with Crippen molar-refractivity contribution in [3.63, 3.8) is 0 Å². The third kappa shape index (κ3) is 15.4. The van der Waals surface area contributed by atoms with Gasteiger partial charge in [-0.15, -0.1) is 0 Å². The van der Waals surface area contributed by atoms with E-state index in [-0.39, 0.29) is 71.1 Å². The smallest absolute Gasteiger partial charge is 0.471 e. The van der Waals surface area contributed by atoms with Gasteiger partial charge in [0.15, 0.2) is 16.6 Å². The van der Waals surface area contributed by atoms with Gasteiger partial charge in [0.2, 0.25) is 0 Å². The third-order valence-corrected chi connectivity index (χ3v) is 25.5. The molecule has 5 rings (SSSR count). The number of phenols is 3. The van der Waals surface area contributed by atoms with Crippen molar-refractivity contribution in [3.8, 4) is 23.0 Å². The molecule has 1 amide bonds. The maximum absolute atomic E-state index is 14.4. The number of phenolic OH excluding ortho intramolecular Hbond substituents is 3. The fourth-order valence-corrected chi connectivity index (χ4v) is 23.2. The first kappa shape index (κ1) is 58.2. The molecule has 4 aromatic carbocycles. The molecule has 0 aliphatic heterocycles. The molecule has 0 heterocycles. The zero-order chi connectivity index (χ0) is 53.7. The summed E-state index contributed by atoms with van der Waals surface area (Å²) < 4.78 is 33.1. The van der Waals surface area contributed by atoms with Crippen molar-refractivity contribution in [2.75, 3.05) is 13.7 Å². The Labute approximate surface area is 432 Å². The normalized spacial score (nSPS) is 14.4. The second-order valence-electron chi connectivity index (χ2n) is 26.5. The summed E-state index contributed by atoms with van der Waals surface area (Å²) in [5.41, 5.74) is 8.62. The van der Waals surface area contributed by atoms with Crippen LogP contribution >= 0.6 is 0 Å². The lowest BCUT2D eigenvalue weighted by Gasteiger charge is -2.42. The monoisotopic (exact) mass is 1040 g/mol. The fraction of sp³-hybridized carbons (Fsp3) is 0.561. The second kappa shape index (κ2) is 20.9. The number of rotatable bonds is 12. The van der Waals surface area contributed by atoms with Gasteiger partial charge in [0.05, 0.1) is 0 Å². The average molecular weight is 1040 g/mol. The number of nitrogens with one attached hydrogen (secondary N) is 1. The summed E-state index contributed by atoms with van der Waals surface area (Å²) in [6.45, 7) is 43.0. The Morgan fingerprint density at radius 2 is 0.775 bits per heavy atom. The summed E-state index contributed by atoms with van der Waals surface area (Å²) in [5, 5.41) is 40.2. The summed E-state index contributed by atoms with van der Waals surface area (Å²) in [6, 6.07) is 17.0. The highest BCUT2D eigenvalue weighted by Crippen LogP contribution is 2.44. The molecule has 0 saturated carbocycles. The Balaban J connectivity index is 1.72. The number of aromatic hydroxyl groups is 3. The lowest BCUT2D eigenvalue weighted by atomic mass is 9.79. The Hall–Kier alpha value is -3.74. The number of benzene rings is 4. The highest BCUT2D eigenvalue weighted by atomic mass is 28.5. The minimum atomic E-state index is -3.29. The number of carbonyl (C=O) groups excluding carboxylic acids is 1. The van der Waals surface area contributed by atoms with Gasteiger partial charge >= 0.3 is 23.5 Å². The minimum absolute atomic E-state index is 0.138. The van der Waals surface area contributed by atoms with Gasteiger partial charge in [-0.1, -0.05) is 132 Å². The molecule has 0 spiro atoms. The standard InChI is InChI=1S/C57H89NO9Si4/c1-54(2,3)45-29-37-25-39-31-46(55(4,5)6)33-41(50(39)60)27-43-35-48(57(10,11)12)36-44(28-42-34-47(56(7,8)9)32-40(51(42)61)26-38(30-45)49(37)59)52(43)64-53(62)58-23-22-24-71(65-68(14,15)16,66-69(17,18)19)67-70(20,21)63-13/h29-36,59-61H,22-28H2,1-21H3,(H,58,62). The molecule has 14 heteroatoms. The van der Waals surface area contributed by atoms with Gasteiger partial charge in [0.1, 0.15) is 23.0 Å². The Morgan fingerprint density at radius 3 is 1.04 bits per heavy atom. The van der Waals surface area contributed by atoms with Crippen molar-refractivity contribution in [3.05, 3.63) is 115 Å². The number of amides is 1. The van der Waals surface area contributed by atoms with Crippen molar-refractivity contribution >= 4 is 40.1 Å². The largest absolute Gasteiger partial charge is 0.507 e. The molecular formula is C57H89NO9Si4. The van der Waals surface area contributed by atoms with Crippen molar-refractivity contribution in [1.29, 1.82) is 0 Å². The SMILES string of the molecule is CO[Si](C)(C)O[Si](CCCNC(=O)Oc1c2cc(C(C)(C)C)cc1Cc1cc(C(C)(C)C)cc(c1O)Cc1cc(C(C)(C)C)cc(c1O)Cc1cc(C(C)(C)C)cc(c1O)C2)(O[Si](C)(C)C)O[Si](C)(C)C. The van der Waals surface area contributed by atoms with Crippen LogP contribution in [0, 0.1) is 0 Å². The van der Waals surface area contributed by atoms with Crippen LogP contribution in [0.2, 0.25) is 58.4 Å². The molecule has 0 saturated heterocycles. The highest BCUT2D eigenvalue weighted by molar-refractivity contribution is 6.89. The van der Waals surface area contributed by atoms with E-state index in [0.29, 0.717) is 51.6 Å².